The van der Waals surface area contributed by atoms with Crippen LogP contribution in [0.15, 0.2) is 6.07 Å². The number of terminal acetylenes is 1. The monoisotopic (exact) mass is 344 g/mol. The highest BCUT2D eigenvalue weighted by molar-refractivity contribution is 5.86. The molecule has 0 bridgehead atoms. The van der Waals surface area contributed by atoms with Gasteiger partial charge in [0.2, 0.25) is 0 Å². The summed E-state index contributed by atoms with van der Waals surface area (Å²) in [6.45, 7) is 1.80. The lowest BCUT2D eigenvalue weighted by atomic mass is 9.94. The minimum absolute atomic E-state index is 0.00293. The first kappa shape index (κ1) is 21.0. The largest absolute Gasteiger partial charge is 0.481 e. The quantitative estimate of drug-likeness (QED) is 0.502. The average molecular weight is 344 g/mol. The van der Waals surface area contributed by atoms with Gasteiger partial charge in [0.05, 0.1) is 5.92 Å². The molecule has 0 spiro atoms. The summed E-state index contributed by atoms with van der Waals surface area (Å²) in [5, 5.41) is 16.6. The van der Waals surface area contributed by atoms with Gasteiger partial charge < -0.3 is 10.2 Å². The zero-order chi connectivity index (χ0) is 18.9. The van der Waals surface area contributed by atoms with Gasteiger partial charge in [-0.05, 0) is 0 Å². The Kier molecular flexibility index (Phi) is 8.67. The first-order chi connectivity index (χ1) is 11.2. The van der Waals surface area contributed by atoms with Crippen molar-refractivity contribution in [2.75, 3.05) is 0 Å². The minimum atomic E-state index is -1.83. The van der Waals surface area contributed by atoms with Gasteiger partial charge in [-0.25, -0.2) is 22.4 Å². The Hall–Kier alpha value is -3.00. The highest BCUT2D eigenvalue weighted by Crippen LogP contribution is 2.28. The van der Waals surface area contributed by atoms with Crippen LogP contribution in [0.5, 0.6) is 0 Å². The predicted molar refractivity (Wildman–Crippen MR) is 75.8 cm³/mol. The van der Waals surface area contributed by atoms with E-state index in [1.54, 1.807) is 6.92 Å². The molecule has 8 heteroatoms. The lowest BCUT2D eigenvalue weighted by molar-refractivity contribution is -0.138. The summed E-state index contributed by atoms with van der Waals surface area (Å²) in [5.74, 6) is -5.12. The molecule has 0 heterocycles. The van der Waals surface area contributed by atoms with Crippen molar-refractivity contribution in [1.82, 2.24) is 0 Å². The van der Waals surface area contributed by atoms with Crippen molar-refractivity contribution in [3.05, 3.63) is 34.9 Å². The van der Waals surface area contributed by atoms with E-state index < -0.39 is 53.1 Å². The van der Waals surface area contributed by atoms with Crippen molar-refractivity contribution in [2.24, 2.45) is 0 Å². The van der Waals surface area contributed by atoms with E-state index in [0.29, 0.717) is 6.42 Å². The third kappa shape index (κ3) is 6.01. The maximum atomic E-state index is 13.3. The fourth-order valence-electron chi connectivity index (χ4n) is 1.49. The Morgan fingerprint density at radius 2 is 1.67 bits per heavy atom. The molecular weight excluding hydrogens is 332 g/mol. The van der Waals surface area contributed by atoms with E-state index in [2.05, 4.69) is 5.92 Å². The van der Waals surface area contributed by atoms with E-state index >= 15 is 0 Å². The van der Waals surface area contributed by atoms with Crippen LogP contribution in [-0.2, 0) is 9.59 Å². The third-order valence-corrected chi connectivity index (χ3v) is 2.49. The molecule has 128 valence electrons. The Labute approximate surface area is 135 Å². The number of hydrogen-bond acceptors (Lipinski definition) is 2. The van der Waals surface area contributed by atoms with Crippen molar-refractivity contribution in [3.8, 4) is 24.2 Å². The van der Waals surface area contributed by atoms with E-state index in [1.807, 2.05) is 11.8 Å². The molecule has 0 saturated carbocycles. The van der Waals surface area contributed by atoms with Crippen LogP contribution >= 0.6 is 0 Å². The van der Waals surface area contributed by atoms with Gasteiger partial charge in [0.1, 0.15) is 0 Å². The van der Waals surface area contributed by atoms with Crippen LogP contribution in [-0.4, -0.2) is 22.2 Å². The lowest BCUT2D eigenvalue weighted by Crippen LogP contribution is -2.16. The average Bonchev–Trinajstić information content (AvgIpc) is 2.50. The number of aliphatic carboxylic acids is 2. The van der Waals surface area contributed by atoms with E-state index in [4.69, 9.17) is 16.6 Å². The number of benzene rings is 1. The van der Waals surface area contributed by atoms with Gasteiger partial charge in [0.25, 0.3) is 0 Å². The molecule has 1 atom stereocenters. The number of carboxylic acids is 2. The zero-order valence-corrected chi connectivity index (χ0v) is 12.4. The molecule has 0 aliphatic carbocycles. The van der Waals surface area contributed by atoms with Crippen LogP contribution in [0.2, 0.25) is 0 Å². The summed E-state index contributed by atoms with van der Waals surface area (Å²) in [6.07, 6.45) is 4.86. The number of carbonyl (C=O) groups is 2. The molecule has 0 fully saturated rings. The third-order valence-electron chi connectivity index (χ3n) is 2.49. The standard InChI is InChI=1S/C11H6F4O2.C5H6O2/c1-2-3-5(11(16)17)8-9(14)6(12)4-7(13)10(8)15;1-2-3-4-5(6)7/h1,4-5H,3H2,(H,16,17);2H2,1H3,(H,6,7). The molecule has 0 aliphatic rings. The molecule has 1 aromatic carbocycles. The van der Waals surface area contributed by atoms with E-state index in [9.17, 15) is 27.2 Å². The predicted octanol–water partition coefficient (Wildman–Crippen LogP) is 2.92. The SMILES string of the molecule is C#CCC(C(=O)O)c1c(F)c(F)cc(F)c1F.CCC#CC(=O)O. The molecule has 0 amide bonds. The second kappa shape index (κ2) is 9.90. The molecule has 4 nitrogen and oxygen atoms in total. The maximum absolute atomic E-state index is 13.3. The molecule has 1 unspecified atom stereocenters. The van der Waals surface area contributed by atoms with Crippen LogP contribution in [0, 0.1) is 47.5 Å². The highest BCUT2D eigenvalue weighted by atomic mass is 19.2. The second-order valence-electron chi connectivity index (χ2n) is 4.14. The minimum Gasteiger partial charge on any atom is -0.481 e. The van der Waals surface area contributed by atoms with Gasteiger partial charge in [0.15, 0.2) is 23.3 Å². The molecule has 1 rings (SSSR count). The van der Waals surface area contributed by atoms with Crippen molar-refractivity contribution in [2.45, 2.75) is 25.7 Å². The molecule has 0 aromatic heterocycles. The number of rotatable bonds is 3. The molecular formula is C16H12F4O4. The molecule has 0 radical (unpaired) electrons. The Bertz CT molecular complexity index is 700. The Morgan fingerprint density at radius 3 is 1.96 bits per heavy atom. The molecule has 1 aromatic rings. The Morgan fingerprint density at radius 1 is 1.17 bits per heavy atom. The lowest BCUT2D eigenvalue weighted by Gasteiger charge is -2.12. The second-order valence-corrected chi connectivity index (χ2v) is 4.14. The van der Waals surface area contributed by atoms with Gasteiger partial charge in [-0.1, -0.05) is 12.8 Å². The summed E-state index contributed by atoms with van der Waals surface area (Å²) in [7, 11) is 0. The smallest absolute Gasteiger partial charge is 0.381 e. The topological polar surface area (TPSA) is 74.6 Å². The highest BCUT2D eigenvalue weighted by Gasteiger charge is 2.30. The van der Waals surface area contributed by atoms with E-state index in [0.717, 1.165) is 0 Å². The van der Waals surface area contributed by atoms with E-state index in [-0.39, 0.29) is 6.07 Å². The van der Waals surface area contributed by atoms with Crippen LogP contribution in [0.4, 0.5) is 17.6 Å². The Balaban J connectivity index is 0.000000640. The molecule has 0 saturated heterocycles. The molecule has 2 N–H and O–H groups in total. The van der Waals surface area contributed by atoms with Crippen molar-refractivity contribution in [3.63, 3.8) is 0 Å². The van der Waals surface area contributed by atoms with Crippen LogP contribution in [0.25, 0.3) is 0 Å². The van der Waals surface area contributed by atoms with Crippen LogP contribution in [0.1, 0.15) is 31.2 Å². The summed E-state index contributed by atoms with van der Waals surface area (Å²) >= 11 is 0. The fraction of sp³-hybridized carbons (Fsp3) is 0.250. The van der Waals surface area contributed by atoms with Gasteiger partial charge in [-0.3, -0.25) is 4.79 Å². The van der Waals surface area contributed by atoms with Crippen molar-refractivity contribution in [1.29, 1.82) is 0 Å². The van der Waals surface area contributed by atoms with Crippen molar-refractivity contribution < 1.29 is 37.4 Å². The zero-order valence-electron chi connectivity index (χ0n) is 12.4. The summed E-state index contributed by atoms with van der Waals surface area (Å²) in [4.78, 5) is 20.3. The first-order valence-corrected chi connectivity index (χ1v) is 6.38. The van der Waals surface area contributed by atoms with Gasteiger partial charge in [-0.2, -0.15) is 0 Å². The van der Waals surface area contributed by atoms with Gasteiger partial charge in [-0.15, -0.1) is 12.3 Å². The summed E-state index contributed by atoms with van der Waals surface area (Å²) in [6, 6.07) is 0.00293. The summed E-state index contributed by atoms with van der Waals surface area (Å²) < 4.78 is 52.2. The first-order valence-electron chi connectivity index (χ1n) is 6.38. The van der Waals surface area contributed by atoms with Crippen LogP contribution in [0.3, 0.4) is 0 Å². The summed E-state index contributed by atoms with van der Waals surface area (Å²) in [5.41, 5.74) is -1.20. The number of carboxylic acid groups (broad SMARTS) is 2. The maximum Gasteiger partial charge on any atom is 0.381 e. The fourth-order valence-corrected chi connectivity index (χ4v) is 1.49. The van der Waals surface area contributed by atoms with Crippen molar-refractivity contribution >= 4 is 11.9 Å². The van der Waals surface area contributed by atoms with Gasteiger partial charge >= 0.3 is 11.9 Å². The normalized spacial score (nSPS) is 10.3. The van der Waals surface area contributed by atoms with E-state index in [1.165, 1.54) is 0 Å². The number of hydrogen-bond donors (Lipinski definition) is 2. The molecule has 0 aliphatic heterocycles. The number of halogens is 4. The van der Waals surface area contributed by atoms with Gasteiger partial charge in [0, 0.05) is 30.4 Å². The van der Waals surface area contributed by atoms with Crippen LogP contribution < -0.4 is 0 Å². The molecule has 24 heavy (non-hydrogen) atoms.